The first-order chi connectivity index (χ1) is 9.47. The molecule has 110 valence electrons. The van der Waals surface area contributed by atoms with Crippen molar-refractivity contribution in [2.24, 2.45) is 5.92 Å². The molecule has 0 aromatic heterocycles. The van der Waals surface area contributed by atoms with Crippen LogP contribution in [-0.2, 0) is 0 Å². The third-order valence-corrected chi connectivity index (χ3v) is 4.26. The summed E-state index contributed by atoms with van der Waals surface area (Å²) in [5.74, 6) is 0.745. The minimum Gasteiger partial charge on any atom is -0.398 e. The summed E-state index contributed by atoms with van der Waals surface area (Å²) in [5, 5.41) is 0. The second kappa shape index (κ2) is 6.59. The SMILES string of the molecule is CN(C)CC1CCN(C(=O)c2ccc(Br)cc2N)CC1. The number of hydrogen-bond donors (Lipinski definition) is 1. The summed E-state index contributed by atoms with van der Waals surface area (Å²) in [7, 11) is 4.19. The number of hydrogen-bond acceptors (Lipinski definition) is 3. The summed E-state index contributed by atoms with van der Waals surface area (Å²) in [4.78, 5) is 16.6. The van der Waals surface area contributed by atoms with Gasteiger partial charge in [0.2, 0.25) is 0 Å². The van der Waals surface area contributed by atoms with Crippen LogP contribution in [0.25, 0.3) is 0 Å². The van der Waals surface area contributed by atoms with Crippen LogP contribution in [-0.4, -0.2) is 49.4 Å². The molecule has 0 spiro atoms. The quantitative estimate of drug-likeness (QED) is 0.860. The van der Waals surface area contributed by atoms with Crippen LogP contribution >= 0.6 is 15.9 Å². The van der Waals surface area contributed by atoms with Crippen LogP contribution in [0.4, 0.5) is 5.69 Å². The Morgan fingerprint density at radius 1 is 1.40 bits per heavy atom. The summed E-state index contributed by atoms with van der Waals surface area (Å²) in [5.41, 5.74) is 7.09. The van der Waals surface area contributed by atoms with Crippen LogP contribution in [0.5, 0.6) is 0 Å². The zero-order chi connectivity index (χ0) is 14.7. The van der Waals surface area contributed by atoms with Crippen LogP contribution in [0, 0.1) is 5.92 Å². The molecule has 0 atom stereocenters. The van der Waals surface area contributed by atoms with Crippen LogP contribution in [0.15, 0.2) is 22.7 Å². The van der Waals surface area contributed by atoms with E-state index in [0.29, 0.717) is 17.2 Å². The topological polar surface area (TPSA) is 49.6 Å². The first kappa shape index (κ1) is 15.3. The number of nitrogens with zero attached hydrogens (tertiary/aromatic N) is 2. The van der Waals surface area contributed by atoms with Crippen molar-refractivity contribution in [1.29, 1.82) is 0 Å². The molecular weight excluding hydrogens is 318 g/mol. The number of nitrogens with two attached hydrogens (primary N) is 1. The van der Waals surface area contributed by atoms with Crippen LogP contribution in [0.1, 0.15) is 23.2 Å². The zero-order valence-electron chi connectivity index (χ0n) is 12.1. The number of benzene rings is 1. The fraction of sp³-hybridized carbons (Fsp3) is 0.533. The Kier molecular flexibility index (Phi) is 5.05. The molecule has 1 aliphatic heterocycles. The number of rotatable bonds is 3. The van der Waals surface area contributed by atoms with Crippen molar-refractivity contribution < 1.29 is 4.79 Å². The van der Waals surface area contributed by atoms with Gasteiger partial charge in [-0.3, -0.25) is 4.79 Å². The monoisotopic (exact) mass is 339 g/mol. The van der Waals surface area contributed by atoms with Crippen molar-refractivity contribution >= 4 is 27.5 Å². The highest BCUT2D eigenvalue weighted by molar-refractivity contribution is 9.10. The third-order valence-electron chi connectivity index (χ3n) is 3.77. The zero-order valence-corrected chi connectivity index (χ0v) is 13.7. The van der Waals surface area contributed by atoms with Crippen molar-refractivity contribution in [3.8, 4) is 0 Å². The fourth-order valence-electron chi connectivity index (χ4n) is 2.73. The highest BCUT2D eigenvalue weighted by Gasteiger charge is 2.24. The Balaban J connectivity index is 1.98. The van der Waals surface area contributed by atoms with Gasteiger partial charge in [-0.2, -0.15) is 0 Å². The van der Waals surface area contributed by atoms with Crippen LogP contribution in [0.2, 0.25) is 0 Å². The predicted octanol–water partition coefficient (Wildman–Crippen LogP) is 2.45. The summed E-state index contributed by atoms with van der Waals surface area (Å²) >= 11 is 3.36. The van der Waals surface area contributed by atoms with Gasteiger partial charge in [-0.05, 0) is 51.1 Å². The largest absolute Gasteiger partial charge is 0.398 e. The summed E-state index contributed by atoms with van der Waals surface area (Å²) in [6.45, 7) is 2.75. The highest BCUT2D eigenvalue weighted by atomic mass is 79.9. The van der Waals surface area contributed by atoms with Crippen LogP contribution in [0.3, 0.4) is 0 Å². The van der Waals surface area contributed by atoms with E-state index in [2.05, 4.69) is 34.9 Å². The lowest BCUT2D eigenvalue weighted by atomic mass is 9.96. The number of nitrogen functional groups attached to an aromatic ring is 1. The lowest BCUT2D eigenvalue weighted by molar-refractivity contribution is 0.0679. The first-order valence-electron chi connectivity index (χ1n) is 6.96. The lowest BCUT2D eigenvalue weighted by Gasteiger charge is -2.33. The second-order valence-corrected chi connectivity index (χ2v) is 6.65. The highest BCUT2D eigenvalue weighted by Crippen LogP contribution is 2.23. The summed E-state index contributed by atoms with van der Waals surface area (Å²) < 4.78 is 0.899. The molecule has 1 aromatic carbocycles. The molecule has 1 amide bonds. The third kappa shape index (κ3) is 3.73. The second-order valence-electron chi connectivity index (χ2n) is 5.73. The van der Waals surface area contributed by atoms with E-state index in [1.54, 1.807) is 12.1 Å². The number of halogens is 1. The maximum Gasteiger partial charge on any atom is 0.255 e. The predicted molar refractivity (Wildman–Crippen MR) is 85.7 cm³/mol. The minimum absolute atomic E-state index is 0.0540. The van der Waals surface area contributed by atoms with E-state index in [9.17, 15) is 4.79 Å². The lowest BCUT2D eigenvalue weighted by Crippen LogP contribution is -2.40. The Morgan fingerprint density at radius 2 is 2.05 bits per heavy atom. The molecule has 0 unspecified atom stereocenters. The smallest absolute Gasteiger partial charge is 0.255 e. The van der Waals surface area contributed by atoms with E-state index >= 15 is 0 Å². The van der Waals surface area contributed by atoms with Crippen LogP contribution < -0.4 is 5.73 Å². The van der Waals surface area contributed by atoms with Crippen molar-refractivity contribution in [2.75, 3.05) is 39.5 Å². The molecule has 1 aromatic rings. The minimum atomic E-state index is 0.0540. The summed E-state index contributed by atoms with van der Waals surface area (Å²) in [6.07, 6.45) is 2.14. The first-order valence-corrected chi connectivity index (χ1v) is 7.75. The standard InChI is InChI=1S/C15H22BrN3O/c1-18(2)10-11-5-7-19(8-6-11)15(20)13-4-3-12(16)9-14(13)17/h3-4,9,11H,5-8,10,17H2,1-2H3. The molecule has 1 fully saturated rings. The van der Waals surface area contributed by atoms with E-state index in [-0.39, 0.29) is 5.91 Å². The average Bonchev–Trinajstić information content (AvgIpc) is 2.38. The molecular formula is C15H22BrN3O. The van der Waals surface area contributed by atoms with Gasteiger partial charge < -0.3 is 15.5 Å². The van der Waals surface area contributed by atoms with E-state index in [0.717, 1.165) is 36.9 Å². The van der Waals surface area contributed by atoms with Gasteiger partial charge in [0.15, 0.2) is 0 Å². The van der Waals surface area contributed by atoms with Gasteiger partial charge in [-0.15, -0.1) is 0 Å². The van der Waals surface area contributed by atoms with Gasteiger partial charge in [0, 0.05) is 29.8 Å². The molecule has 2 N–H and O–H groups in total. The van der Waals surface area contributed by atoms with Gasteiger partial charge in [0.25, 0.3) is 5.91 Å². The maximum atomic E-state index is 12.5. The maximum absolute atomic E-state index is 12.5. The van der Waals surface area contributed by atoms with Gasteiger partial charge in [0.05, 0.1) is 5.56 Å². The molecule has 1 saturated heterocycles. The van der Waals surface area contributed by atoms with Gasteiger partial charge in [0.1, 0.15) is 0 Å². The van der Waals surface area contributed by atoms with E-state index in [1.807, 2.05) is 11.0 Å². The van der Waals surface area contributed by atoms with E-state index in [1.165, 1.54) is 0 Å². The number of anilines is 1. The molecule has 2 rings (SSSR count). The van der Waals surface area contributed by atoms with Crippen molar-refractivity contribution in [2.45, 2.75) is 12.8 Å². The fourth-order valence-corrected chi connectivity index (χ4v) is 3.11. The number of carbonyl (C=O) groups excluding carboxylic acids is 1. The molecule has 20 heavy (non-hydrogen) atoms. The molecule has 5 heteroatoms. The Bertz CT molecular complexity index is 482. The molecule has 0 bridgehead atoms. The van der Waals surface area contributed by atoms with E-state index < -0.39 is 0 Å². The Hall–Kier alpha value is -1.07. The Labute approximate surface area is 129 Å². The average molecular weight is 340 g/mol. The van der Waals surface area contributed by atoms with Crippen molar-refractivity contribution in [3.63, 3.8) is 0 Å². The molecule has 1 aliphatic rings. The summed E-state index contributed by atoms with van der Waals surface area (Å²) in [6, 6.07) is 5.45. The molecule has 0 radical (unpaired) electrons. The number of amides is 1. The molecule has 1 heterocycles. The van der Waals surface area contributed by atoms with E-state index in [4.69, 9.17) is 5.73 Å². The van der Waals surface area contributed by atoms with Gasteiger partial charge >= 0.3 is 0 Å². The molecule has 0 saturated carbocycles. The normalized spacial score (nSPS) is 16.7. The molecule has 4 nitrogen and oxygen atoms in total. The number of likely N-dealkylation sites (tertiary alicyclic amines) is 1. The van der Waals surface area contributed by atoms with Crippen molar-refractivity contribution in [1.82, 2.24) is 9.80 Å². The Morgan fingerprint density at radius 3 is 2.60 bits per heavy atom. The van der Waals surface area contributed by atoms with Crippen molar-refractivity contribution in [3.05, 3.63) is 28.2 Å². The molecule has 0 aliphatic carbocycles. The number of piperidine rings is 1. The van der Waals surface area contributed by atoms with Gasteiger partial charge in [-0.25, -0.2) is 0 Å². The number of carbonyl (C=O) groups is 1. The van der Waals surface area contributed by atoms with Gasteiger partial charge in [-0.1, -0.05) is 15.9 Å².